The van der Waals surface area contributed by atoms with Gasteiger partial charge in [0.15, 0.2) is 0 Å². The van der Waals surface area contributed by atoms with Crippen molar-refractivity contribution in [2.45, 2.75) is 119 Å². The molecule has 0 aliphatic rings. The lowest BCUT2D eigenvalue weighted by Crippen LogP contribution is -2.54. The van der Waals surface area contributed by atoms with Crippen molar-refractivity contribution in [2.75, 3.05) is 21.1 Å². The molecule has 0 radical (unpaired) electrons. The normalized spacial score (nSPS) is 12.5. The minimum absolute atomic E-state index is 0.00692. The van der Waals surface area contributed by atoms with Crippen LogP contribution in [0.25, 0.3) is 0 Å². The van der Waals surface area contributed by atoms with Crippen LogP contribution in [0.2, 0.25) is 0 Å². The molecule has 16 heteroatoms. The van der Waals surface area contributed by atoms with Crippen LogP contribution in [0.5, 0.6) is 0 Å². The van der Waals surface area contributed by atoms with Gasteiger partial charge in [0, 0.05) is 28.1 Å². The SMILES string of the molecule is CC.CC.CC(=O)N[C@@H](CC(=O)N(C)C)C(=O)NC(C)C(=O)C(=O)NC(C)C(=O)O.CNC(=O)C(NC(=O)OC(C)(C)C)C(C)C. The first kappa shape index (κ1) is 48.7. The summed E-state index contributed by atoms with van der Waals surface area (Å²) in [7, 11) is 4.49. The average Bonchev–Trinajstić information content (AvgIpc) is 2.95. The first-order chi connectivity index (χ1) is 21.0. The zero-order chi connectivity index (χ0) is 37.5. The number of likely N-dealkylation sites (N-methyl/N-ethyl adjacent to an activating group) is 1. The van der Waals surface area contributed by atoms with Crippen molar-refractivity contribution in [2.24, 2.45) is 5.92 Å². The van der Waals surface area contributed by atoms with Crippen LogP contribution in [-0.4, -0.2) is 108 Å². The van der Waals surface area contributed by atoms with E-state index in [1.807, 2.05) is 46.9 Å². The molecular weight excluding hydrogens is 604 g/mol. The number of ether oxygens (including phenoxy) is 1. The van der Waals surface area contributed by atoms with Crippen LogP contribution in [0, 0.1) is 5.92 Å². The van der Waals surface area contributed by atoms with Crippen LogP contribution in [-0.2, 0) is 38.3 Å². The molecule has 0 aromatic carbocycles. The number of rotatable bonds is 12. The van der Waals surface area contributed by atoms with Crippen LogP contribution in [0.15, 0.2) is 0 Å². The Morgan fingerprint density at radius 1 is 0.761 bits per heavy atom. The molecule has 268 valence electrons. The maximum Gasteiger partial charge on any atom is 0.408 e. The van der Waals surface area contributed by atoms with Gasteiger partial charge in [-0.2, -0.15) is 0 Å². The molecule has 0 fully saturated rings. The first-order valence-corrected chi connectivity index (χ1v) is 15.1. The third kappa shape index (κ3) is 23.2. The minimum atomic E-state index is -1.32. The van der Waals surface area contributed by atoms with Gasteiger partial charge < -0.3 is 41.3 Å². The summed E-state index contributed by atoms with van der Waals surface area (Å²) >= 11 is 0. The lowest BCUT2D eigenvalue weighted by molar-refractivity contribution is -0.144. The highest BCUT2D eigenvalue weighted by Crippen LogP contribution is 2.08. The number of nitrogens with one attached hydrogen (secondary N) is 5. The smallest absolute Gasteiger partial charge is 0.408 e. The summed E-state index contributed by atoms with van der Waals surface area (Å²) in [6.07, 6.45) is -0.906. The summed E-state index contributed by atoms with van der Waals surface area (Å²) in [6.45, 7) is 20.6. The second-order valence-electron chi connectivity index (χ2n) is 10.9. The van der Waals surface area contributed by atoms with Gasteiger partial charge in [0.05, 0.1) is 12.5 Å². The molecule has 6 N–H and O–H groups in total. The lowest BCUT2D eigenvalue weighted by Gasteiger charge is -2.24. The molecule has 16 nitrogen and oxygen atoms in total. The topological polar surface area (TPSA) is 229 Å². The van der Waals surface area contributed by atoms with Gasteiger partial charge in [-0.25, -0.2) is 4.79 Å². The van der Waals surface area contributed by atoms with Gasteiger partial charge in [0.2, 0.25) is 29.4 Å². The number of carboxylic acids is 1. The molecule has 0 bridgehead atoms. The van der Waals surface area contributed by atoms with Gasteiger partial charge in [-0.3, -0.25) is 33.6 Å². The fraction of sp³-hybridized carbons (Fsp3) is 0.733. The van der Waals surface area contributed by atoms with Gasteiger partial charge in [0.1, 0.15) is 23.7 Å². The molecule has 0 aromatic heterocycles. The van der Waals surface area contributed by atoms with Crippen molar-refractivity contribution in [1.82, 2.24) is 31.5 Å². The van der Waals surface area contributed by atoms with Crippen LogP contribution >= 0.6 is 0 Å². The Bertz CT molecular complexity index is 1010. The number of ketones is 1. The Labute approximate surface area is 273 Å². The summed E-state index contributed by atoms with van der Waals surface area (Å²) in [4.78, 5) is 93.7. The fourth-order valence-corrected chi connectivity index (χ4v) is 2.84. The monoisotopic (exact) mass is 662 g/mol. The van der Waals surface area contributed by atoms with E-state index in [0.717, 1.165) is 6.92 Å². The maximum atomic E-state index is 12.2. The Kier molecular flexibility index (Phi) is 26.5. The molecule has 0 rings (SSSR count). The van der Waals surface area contributed by atoms with Crippen LogP contribution in [0.3, 0.4) is 0 Å². The first-order valence-electron chi connectivity index (χ1n) is 15.1. The summed E-state index contributed by atoms with van der Waals surface area (Å²) in [6, 6.07) is -4.35. The van der Waals surface area contributed by atoms with Gasteiger partial charge in [0.25, 0.3) is 5.91 Å². The third-order valence-corrected chi connectivity index (χ3v) is 5.13. The van der Waals surface area contributed by atoms with E-state index in [4.69, 9.17) is 9.84 Å². The van der Waals surface area contributed by atoms with E-state index in [1.165, 1.54) is 39.9 Å². The highest BCUT2D eigenvalue weighted by atomic mass is 16.6. The third-order valence-electron chi connectivity index (χ3n) is 5.13. The number of aliphatic carboxylic acids is 1. The van der Waals surface area contributed by atoms with Crippen molar-refractivity contribution in [3.8, 4) is 0 Å². The minimum Gasteiger partial charge on any atom is -0.480 e. The number of hydrogen-bond acceptors (Lipinski definition) is 9. The molecule has 0 heterocycles. The summed E-state index contributed by atoms with van der Waals surface area (Å²) in [5.74, 6) is -5.57. The summed E-state index contributed by atoms with van der Waals surface area (Å²) in [5, 5.41) is 20.3. The number of hydrogen-bond donors (Lipinski definition) is 6. The molecule has 0 saturated heterocycles. The van der Waals surface area contributed by atoms with Gasteiger partial charge in [-0.05, 0) is 40.5 Å². The summed E-state index contributed by atoms with van der Waals surface area (Å²) < 4.78 is 5.08. The van der Waals surface area contributed by atoms with E-state index in [9.17, 15) is 38.4 Å². The van der Waals surface area contributed by atoms with Gasteiger partial charge >= 0.3 is 12.1 Å². The van der Waals surface area contributed by atoms with Crippen LogP contribution < -0.4 is 26.6 Å². The number of carboxylic acid groups (broad SMARTS) is 1. The average molecular weight is 663 g/mol. The van der Waals surface area contributed by atoms with E-state index in [0.29, 0.717) is 0 Å². The predicted octanol–water partition coefficient (Wildman–Crippen LogP) is 0.967. The number of carbonyl (C=O) groups excluding carboxylic acids is 7. The maximum absolute atomic E-state index is 12.2. The molecule has 46 heavy (non-hydrogen) atoms. The molecule has 3 unspecified atom stereocenters. The Morgan fingerprint density at radius 3 is 1.59 bits per heavy atom. The predicted molar refractivity (Wildman–Crippen MR) is 174 cm³/mol. The quantitative estimate of drug-likeness (QED) is 0.162. The summed E-state index contributed by atoms with van der Waals surface area (Å²) in [5.41, 5.74) is -0.561. The second-order valence-corrected chi connectivity index (χ2v) is 10.9. The molecule has 0 aliphatic carbocycles. The molecule has 4 atom stereocenters. The highest BCUT2D eigenvalue weighted by molar-refractivity contribution is 6.38. The number of alkyl carbamates (subject to hydrolysis) is 1. The lowest BCUT2D eigenvalue weighted by atomic mass is 10.0. The van der Waals surface area contributed by atoms with Gasteiger partial charge in [-0.15, -0.1) is 0 Å². The largest absolute Gasteiger partial charge is 0.480 e. The van der Waals surface area contributed by atoms with E-state index >= 15 is 0 Å². The van der Waals surface area contributed by atoms with Crippen LogP contribution in [0.1, 0.15) is 89.5 Å². The van der Waals surface area contributed by atoms with Gasteiger partial charge in [-0.1, -0.05) is 41.5 Å². The van der Waals surface area contributed by atoms with Crippen molar-refractivity contribution >= 4 is 47.4 Å². The molecule has 0 aromatic rings. The molecule has 0 saturated carbocycles. The van der Waals surface area contributed by atoms with Crippen molar-refractivity contribution < 1.29 is 48.2 Å². The highest BCUT2D eigenvalue weighted by Gasteiger charge is 2.30. The fourth-order valence-electron chi connectivity index (χ4n) is 2.84. The van der Waals surface area contributed by atoms with Crippen LogP contribution in [0.4, 0.5) is 4.79 Å². The number of Topliss-reactive ketones (excluding diaryl/α,β-unsaturated/α-hetero) is 1. The Morgan fingerprint density at radius 2 is 1.24 bits per heavy atom. The standard InChI is InChI=1S/C15H24N4O7.C11H22N2O3.2C2H6/c1-7(12(22)14(24)17-8(2)15(25)26)16-13(23)10(18-9(3)20)6-11(21)19(4)5;1-7(2)8(9(14)12-6)13-10(15)16-11(3,4)5;2*1-2/h7-8,10H,6H2,1-5H3,(H,16,23)(H,17,24)(H,18,20)(H,25,26);7-8H,1-6H3,(H,12,14)(H,13,15);2*1-2H3/t7?,8?,10-;;;/m0.../s1. The van der Waals surface area contributed by atoms with Crippen molar-refractivity contribution in [1.29, 1.82) is 0 Å². The van der Waals surface area contributed by atoms with Crippen molar-refractivity contribution in [3.63, 3.8) is 0 Å². The van der Waals surface area contributed by atoms with E-state index in [1.54, 1.807) is 20.8 Å². The number of amides is 6. The Balaban J connectivity index is -0.000000377. The van der Waals surface area contributed by atoms with E-state index in [2.05, 4.69) is 21.3 Å². The Hall–Kier alpha value is -4.24. The molecule has 0 aliphatic heterocycles. The second kappa shape index (κ2) is 25.0. The molecule has 6 amide bonds. The number of nitrogens with zero attached hydrogens (tertiary/aromatic N) is 1. The van der Waals surface area contributed by atoms with E-state index < -0.39 is 71.2 Å². The zero-order valence-electron chi connectivity index (χ0n) is 30.2. The molecular formula is C30H58N6O10. The van der Waals surface area contributed by atoms with Crippen molar-refractivity contribution in [3.05, 3.63) is 0 Å². The van der Waals surface area contributed by atoms with E-state index in [-0.39, 0.29) is 18.2 Å². The zero-order valence-corrected chi connectivity index (χ0v) is 30.2. The number of carbonyl (C=O) groups is 8. The molecule has 0 spiro atoms.